The number of nitrogens with zero attached hydrogens (tertiary/aromatic N) is 7. The first-order chi connectivity index (χ1) is 16.2. The fraction of sp³-hybridized carbons (Fsp3) is 0.292. The molecule has 1 saturated heterocycles. The maximum absolute atomic E-state index is 6.19. The summed E-state index contributed by atoms with van der Waals surface area (Å²) in [6.45, 7) is 5.60. The van der Waals surface area contributed by atoms with Gasteiger partial charge in [-0.1, -0.05) is 29.4 Å². The van der Waals surface area contributed by atoms with E-state index in [1.165, 1.54) is 19.5 Å². The van der Waals surface area contributed by atoms with Crippen LogP contribution in [0.2, 0.25) is 0 Å². The number of ether oxygens (including phenoxy) is 1. The van der Waals surface area contributed by atoms with Gasteiger partial charge in [0.25, 0.3) is 0 Å². The third kappa shape index (κ3) is 3.80. The first-order valence-corrected chi connectivity index (χ1v) is 11.1. The Bertz CT molecular complexity index is 1440. The first-order valence-electron chi connectivity index (χ1n) is 11.1. The van der Waals surface area contributed by atoms with E-state index in [-0.39, 0.29) is 0 Å². The Balaban J connectivity index is 1.31. The molecule has 5 heterocycles. The zero-order chi connectivity index (χ0) is 22.2. The van der Waals surface area contributed by atoms with E-state index in [1.807, 2.05) is 49.4 Å². The summed E-state index contributed by atoms with van der Waals surface area (Å²) in [5, 5.41) is 19.2. The minimum absolute atomic E-state index is 0.320. The Hall–Kier alpha value is -3.85. The number of benzene rings is 1. The van der Waals surface area contributed by atoms with Crippen LogP contribution in [0.25, 0.3) is 27.9 Å². The van der Waals surface area contributed by atoms with E-state index in [0.717, 1.165) is 35.1 Å². The van der Waals surface area contributed by atoms with Gasteiger partial charge in [-0.05, 0) is 44.6 Å². The summed E-state index contributed by atoms with van der Waals surface area (Å²) in [5.74, 6) is 1.69. The van der Waals surface area contributed by atoms with Crippen LogP contribution in [-0.4, -0.2) is 54.5 Å². The predicted octanol–water partition coefficient (Wildman–Crippen LogP) is 3.46. The topological polar surface area (TPSA) is 94.5 Å². The van der Waals surface area contributed by atoms with E-state index < -0.39 is 0 Å². The lowest BCUT2D eigenvalue weighted by Gasteiger charge is -2.30. The van der Waals surface area contributed by atoms with Gasteiger partial charge in [-0.2, -0.15) is 4.52 Å². The van der Waals surface area contributed by atoms with E-state index in [0.29, 0.717) is 35.4 Å². The maximum Gasteiger partial charge on any atom is 0.240 e. The Morgan fingerprint density at radius 1 is 1.00 bits per heavy atom. The summed E-state index contributed by atoms with van der Waals surface area (Å²) in [7, 11) is 0. The van der Waals surface area contributed by atoms with Crippen LogP contribution in [0.5, 0.6) is 5.88 Å². The highest BCUT2D eigenvalue weighted by Crippen LogP contribution is 2.29. The molecule has 1 aliphatic heterocycles. The smallest absolute Gasteiger partial charge is 0.240 e. The summed E-state index contributed by atoms with van der Waals surface area (Å²) in [6, 6.07) is 15.8. The monoisotopic (exact) mass is 441 g/mol. The highest BCUT2D eigenvalue weighted by Gasteiger charge is 2.18. The van der Waals surface area contributed by atoms with Gasteiger partial charge in [0, 0.05) is 35.5 Å². The summed E-state index contributed by atoms with van der Waals surface area (Å²) in [6.07, 6.45) is 2.25. The van der Waals surface area contributed by atoms with Crippen molar-refractivity contribution < 1.29 is 9.26 Å². The molecule has 9 nitrogen and oxygen atoms in total. The number of rotatable bonds is 7. The van der Waals surface area contributed by atoms with E-state index in [4.69, 9.17) is 19.3 Å². The molecule has 0 atom stereocenters. The molecule has 4 aromatic heterocycles. The van der Waals surface area contributed by atoms with Crippen molar-refractivity contribution in [1.82, 2.24) is 34.9 Å². The molecule has 9 heteroatoms. The largest absolute Gasteiger partial charge is 0.470 e. The minimum Gasteiger partial charge on any atom is -0.470 e. The van der Waals surface area contributed by atoms with Crippen LogP contribution < -0.4 is 4.74 Å². The molecule has 0 bridgehead atoms. The number of aryl methyl sites for hydroxylation is 1. The third-order valence-corrected chi connectivity index (χ3v) is 5.94. The molecule has 0 aliphatic carbocycles. The molecule has 1 aromatic carbocycles. The van der Waals surface area contributed by atoms with Gasteiger partial charge in [0.05, 0.1) is 5.69 Å². The maximum atomic E-state index is 6.19. The lowest BCUT2D eigenvalue weighted by atomic mass is 10.2. The zero-order valence-electron chi connectivity index (χ0n) is 18.3. The summed E-state index contributed by atoms with van der Waals surface area (Å²) >= 11 is 0. The third-order valence-electron chi connectivity index (χ3n) is 5.94. The quantitative estimate of drug-likeness (QED) is 0.379. The van der Waals surface area contributed by atoms with Crippen molar-refractivity contribution in [3.05, 3.63) is 65.7 Å². The Morgan fingerprint density at radius 3 is 2.64 bits per heavy atom. The van der Waals surface area contributed by atoms with Gasteiger partial charge in [0.1, 0.15) is 12.4 Å². The van der Waals surface area contributed by atoms with Crippen molar-refractivity contribution in [2.24, 2.45) is 0 Å². The van der Waals surface area contributed by atoms with Crippen molar-refractivity contribution >= 4 is 16.4 Å². The summed E-state index contributed by atoms with van der Waals surface area (Å²) in [4.78, 5) is 7.23. The average molecular weight is 441 g/mol. The molecule has 33 heavy (non-hydrogen) atoms. The summed E-state index contributed by atoms with van der Waals surface area (Å²) in [5.41, 5.74) is 3.17. The van der Waals surface area contributed by atoms with Gasteiger partial charge in [0.2, 0.25) is 11.7 Å². The Labute approximate surface area is 190 Å². The van der Waals surface area contributed by atoms with Crippen LogP contribution in [0.3, 0.4) is 0 Å². The van der Waals surface area contributed by atoms with Gasteiger partial charge in [-0.25, -0.2) is 0 Å². The number of pyridine rings is 1. The molecule has 0 spiro atoms. The SMILES string of the molecule is Cc1cc(-c2nnc3c4ccccc4c(OCc4cccc(CCN5CCC5)n4)nn23)no1. The van der Waals surface area contributed by atoms with Crippen LogP contribution in [0.15, 0.2) is 53.1 Å². The van der Waals surface area contributed by atoms with Crippen LogP contribution in [0.4, 0.5) is 0 Å². The van der Waals surface area contributed by atoms with E-state index in [9.17, 15) is 0 Å². The Kier molecular flexibility index (Phi) is 4.95. The molecule has 0 saturated carbocycles. The molecule has 1 fully saturated rings. The van der Waals surface area contributed by atoms with Crippen molar-refractivity contribution in [3.63, 3.8) is 0 Å². The molecular weight excluding hydrogens is 418 g/mol. The zero-order valence-corrected chi connectivity index (χ0v) is 18.3. The van der Waals surface area contributed by atoms with Crippen LogP contribution in [0.1, 0.15) is 23.6 Å². The second-order valence-electron chi connectivity index (χ2n) is 8.29. The normalized spacial score (nSPS) is 14.1. The molecule has 6 rings (SSSR count). The molecule has 1 aliphatic rings. The number of aromatic nitrogens is 6. The number of hydrogen-bond acceptors (Lipinski definition) is 8. The van der Waals surface area contributed by atoms with Crippen molar-refractivity contribution in [2.45, 2.75) is 26.4 Å². The molecular formula is C24H23N7O2. The minimum atomic E-state index is 0.320. The van der Waals surface area contributed by atoms with Crippen LogP contribution in [-0.2, 0) is 13.0 Å². The fourth-order valence-corrected chi connectivity index (χ4v) is 4.06. The van der Waals surface area contributed by atoms with Crippen LogP contribution >= 0.6 is 0 Å². The molecule has 0 amide bonds. The number of likely N-dealkylation sites (tertiary alicyclic amines) is 1. The predicted molar refractivity (Wildman–Crippen MR) is 122 cm³/mol. The van der Waals surface area contributed by atoms with Crippen molar-refractivity contribution in [2.75, 3.05) is 19.6 Å². The van der Waals surface area contributed by atoms with Gasteiger partial charge in [0.15, 0.2) is 11.3 Å². The number of hydrogen-bond donors (Lipinski definition) is 0. The highest BCUT2D eigenvalue weighted by molar-refractivity contribution is 5.96. The van der Waals surface area contributed by atoms with Crippen LogP contribution in [0, 0.1) is 6.92 Å². The van der Waals surface area contributed by atoms with Gasteiger partial charge < -0.3 is 14.2 Å². The lowest BCUT2D eigenvalue weighted by Crippen LogP contribution is -2.38. The first kappa shape index (κ1) is 19.8. The Morgan fingerprint density at radius 2 is 1.85 bits per heavy atom. The molecule has 0 unspecified atom stereocenters. The molecule has 0 radical (unpaired) electrons. The molecule has 5 aromatic rings. The molecule has 0 N–H and O–H groups in total. The summed E-state index contributed by atoms with van der Waals surface area (Å²) < 4.78 is 13.1. The highest BCUT2D eigenvalue weighted by atomic mass is 16.5. The van der Waals surface area contributed by atoms with Crippen molar-refractivity contribution in [3.8, 4) is 17.4 Å². The van der Waals surface area contributed by atoms with Gasteiger partial charge in [-0.15, -0.1) is 15.3 Å². The second-order valence-corrected chi connectivity index (χ2v) is 8.29. The van der Waals surface area contributed by atoms with Gasteiger partial charge >= 0.3 is 0 Å². The van der Waals surface area contributed by atoms with E-state index in [2.05, 4.69) is 26.3 Å². The van der Waals surface area contributed by atoms with E-state index in [1.54, 1.807) is 4.52 Å². The molecule has 166 valence electrons. The second kappa shape index (κ2) is 8.25. The average Bonchev–Trinajstić information content (AvgIpc) is 3.43. The van der Waals surface area contributed by atoms with Crippen molar-refractivity contribution in [1.29, 1.82) is 0 Å². The standard InChI is InChI=1S/C24H23N7O2/c1-16-14-21(29-33-16)23-27-26-22-19-8-2-3-9-20(19)24(28-31(22)23)32-15-18-7-4-6-17(25-18)10-13-30-11-5-12-30/h2-4,6-9,14H,5,10-13,15H2,1H3. The number of fused-ring (bicyclic) bond motifs is 3. The lowest BCUT2D eigenvalue weighted by molar-refractivity contribution is 0.183. The fourth-order valence-electron chi connectivity index (χ4n) is 4.06. The van der Waals surface area contributed by atoms with E-state index >= 15 is 0 Å². The van der Waals surface area contributed by atoms with Gasteiger partial charge in [-0.3, -0.25) is 4.98 Å².